The van der Waals surface area contributed by atoms with Gasteiger partial charge in [0.2, 0.25) is 0 Å². The van der Waals surface area contributed by atoms with E-state index in [9.17, 15) is 9.90 Å². The fourth-order valence-electron chi connectivity index (χ4n) is 2.09. The summed E-state index contributed by atoms with van der Waals surface area (Å²) in [6, 6.07) is 0. The van der Waals surface area contributed by atoms with E-state index >= 15 is 0 Å². The predicted octanol–water partition coefficient (Wildman–Crippen LogP) is 4.86. The molecule has 0 aliphatic carbocycles. The number of carbonyl (C=O) groups is 1. The van der Waals surface area contributed by atoms with E-state index in [2.05, 4.69) is 19.1 Å². The number of unbranched alkanes of at least 4 members (excludes halogenated alkanes) is 7. The zero-order valence-electron chi connectivity index (χ0n) is 13.5. The highest BCUT2D eigenvalue weighted by Gasteiger charge is 1.96. The molecule has 21 heavy (non-hydrogen) atoms. The van der Waals surface area contributed by atoms with Crippen LogP contribution < -0.4 is 0 Å². The Hall–Kier alpha value is -1.09. The third-order valence-corrected chi connectivity index (χ3v) is 3.39. The van der Waals surface area contributed by atoms with Crippen LogP contribution in [0.4, 0.5) is 0 Å². The van der Waals surface area contributed by atoms with E-state index in [1.807, 2.05) is 12.2 Å². The van der Waals surface area contributed by atoms with Crippen molar-refractivity contribution in [1.82, 2.24) is 0 Å². The molecule has 1 atom stereocenters. The van der Waals surface area contributed by atoms with Gasteiger partial charge in [-0.15, -0.1) is 0 Å². The Balaban J connectivity index is 3.41. The molecule has 3 nitrogen and oxygen atoms in total. The lowest BCUT2D eigenvalue weighted by molar-refractivity contribution is -0.137. The number of allylic oxidation sites excluding steroid dienone is 2. The maximum absolute atomic E-state index is 10.3. The Bertz CT molecular complexity index is 295. The van der Waals surface area contributed by atoms with E-state index in [4.69, 9.17) is 5.11 Å². The minimum absolute atomic E-state index is 0.277. The maximum Gasteiger partial charge on any atom is 0.303 e. The Morgan fingerprint density at radius 2 is 1.62 bits per heavy atom. The fourth-order valence-corrected chi connectivity index (χ4v) is 2.09. The van der Waals surface area contributed by atoms with Crippen LogP contribution in [0, 0.1) is 0 Å². The van der Waals surface area contributed by atoms with Gasteiger partial charge in [0, 0.05) is 6.42 Å². The molecule has 2 N–H and O–H groups in total. The molecule has 0 saturated carbocycles. The molecule has 0 aromatic heterocycles. The molecule has 0 radical (unpaired) electrons. The van der Waals surface area contributed by atoms with Crippen LogP contribution in [0.5, 0.6) is 0 Å². The monoisotopic (exact) mass is 296 g/mol. The predicted molar refractivity (Wildman–Crippen MR) is 88.4 cm³/mol. The third-order valence-electron chi connectivity index (χ3n) is 3.39. The first kappa shape index (κ1) is 19.9. The van der Waals surface area contributed by atoms with E-state index in [1.165, 1.54) is 19.3 Å². The topological polar surface area (TPSA) is 57.5 Å². The molecule has 0 aliphatic heterocycles. The van der Waals surface area contributed by atoms with Crippen LogP contribution in [-0.4, -0.2) is 22.3 Å². The summed E-state index contributed by atoms with van der Waals surface area (Å²) in [4.78, 5) is 10.3. The van der Waals surface area contributed by atoms with Crippen LogP contribution in [0.1, 0.15) is 77.6 Å². The van der Waals surface area contributed by atoms with Crippen molar-refractivity contribution in [3.63, 3.8) is 0 Å². The van der Waals surface area contributed by atoms with Gasteiger partial charge >= 0.3 is 5.97 Å². The third kappa shape index (κ3) is 16.9. The highest BCUT2D eigenvalue weighted by molar-refractivity contribution is 5.66. The summed E-state index contributed by atoms with van der Waals surface area (Å²) in [5.41, 5.74) is 0. The van der Waals surface area contributed by atoms with Crippen molar-refractivity contribution in [2.75, 3.05) is 0 Å². The second kappa shape index (κ2) is 15.3. The van der Waals surface area contributed by atoms with Gasteiger partial charge in [-0.1, -0.05) is 56.9 Å². The summed E-state index contributed by atoms with van der Waals surface area (Å²) >= 11 is 0. The number of aliphatic hydroxyl groups excluding tert-OH is 1. The molecular formula is C18H32O3. The molecule has 122 valence electrons. The molecule has 0 aromatic carbocycles. The van der Waals surface area contributed by atoms with Crippen LogP contribution in [0.2, 0.25) is 0 Å². The lowest BCUT2D eigenvalue weighted by Gasteiger charge is -2.01. The molecule has 0 fully saturated rings. The zero-order chi connectivity index (χ0) is 15.8. The summed E-state index contributed by atoms with van der Waals surface area (Å²) in [7, 11) is 0. The van der Waals surface area contributed by atoms with E-state index in [0.29, 0.717) is 6.42 Å². The Morgan fingerprint density at radius 1 is 0.952 bits per heavy atom. The number of rotatable bonds is 14. The standard InChI is InChI=1S/C18H32O3/c1-2-3-4-5-8-11-14-17(19)15-12-9-6-7-10-13-16-18(20)21/h8,11-12,15,17,19H,2-7,9-10,13-14,16H2,1H3,(H,20,21)/b11-8-,15-12+/t17-/m1/s1. The number of carboxylic acid groups (broad SMARTS) is 1. The number of hydrogen-bond acceptors (Lipinski definition) is 2. The van der Waals surface area contributed by atoms with Gasteiger partial charge in [-0.2, -0.15) is 0 Å². The summed E-state index contributed by atoms with van der Waals surface area (Å²) < 4.78 is 0. The second-order valence-corrected chi connectivity index (χ2v) is 5.55. The van der Waals surface area contributed by atoms with Crippen LogP contribution in [0.3, 0.4) is 0 Å². The van der Waals surface area contributed by atoms with Crippen molar-refractivity contribution in [3.8, 4) is 0 Å². The summed E-state index contributed by atoms with van der Waals surface area (Å²) in [6.07, 6.45) is 18.4. The Labute approximate surface area is 129 Å². The first-order valence-electron chi connectivity index (χ1n) is 8.38. The molecule has 0 heterocycles. The molecule has 0 unspecified atom stereocenters. The van der Waals surface area contributed by atoms with Crippen molar-refractivity contribution >= 4 is 5.97 Å². The highest BCUT2D eigenvalue weighted by atomic mass is 16.4. The first-order valence-corrected chi connectivity index (χ1v) is 8.38. The SMILES string of the molecule is CCCCC/C=C\C[C@@H](O)/C=C/CCCCCCC(=O)O. The molecule has 0 saturated heterocycles. The van der Waals surface area contributed by atoms with Crippen molar-refractivity contribution in [2.45, 2.75) is 83.7 Å². The quantitative estimate of drug-likeness (QED) is 0.355. The molecule has 0 aliphatic rings. The largest absolute Gasteiger partial charge is 0.481 e. The van der Waals surface area contributed by atoms with Crippen molar-refractivity contribution in [2.24, 2.45) is 0 Å². The van der Waals surface area contributed by atoms with Crippen LogP contribution in [0.25, 0.3) is 0 Å². The Morgan fingerprint density at radius 3 is 2.33 bits per heavy atom. The van der Waals surface area contributed by atoms with Crippen molar-refractivity contribution < 1.29 is 15.0 Å². The number of aliphatic carboxylic acids is 1. The van der Waals surface area contributed by atoms with Gasteiger partial charge in [0.25, 0.3) is 0 Å². The molecule has 0 rings (SSSR count). The summed E-state index contributed by atoms with van der Waals surface area (Å²) in [6.45, 7) is 2.20. The maximum atomic E-state index is 10.3. The molecule has 0 bridgehead atoms. The van der Waals surface area contributed by atoms with E-state index < -0.39 is 5.97 Å². The minimum Gasteiger partial charge on any atom is -0.481 e. The average Bonchev–Trinajstić information content (AvgIpc) is 2.45. The first-order chi connectivity index (χ1) is 10.2. The smallest absolute Gasteiger partial charge is 0.303 e. The fraction of sp³-hybridized carbons (Fsp3) is 0.722. The van der Waals surface area contributed by atoms with Gasteiger partial charge in [-0.05, 0) is 38.5 Å². The molecular weight excluding hydrogens is 264 g/mol. The number of aliphatic hydroxyl groups is 1. The molecule has 0 spiro atoms. The number of hydrogen-bond donors (Lipinski definition) is 2. The van der Waals surface area contributed by atoms with Crippen LogP contribution in [0.15, 0.2) is 24.3 Å². The lowest BCUT2D eigenvalue weighted by Crippen LogP contribution is -1.99. The van der Waals surface area contributed by atoms with E-state index in [0.717, 1.165) is 38.5 Å². The van der Waals surface area contributed by atoms with Gasteiger partial charge in [-0.3, -0.25) is 4.79 Å². The number of carboxylic acids is 1. The van der Waals surface area contributed by atoms with Crippen molar-refractivity contribution in [1.29, 1.82) is 0 Å². The Kier molecular flexibility index (Phi) is 14.5. The van der Waals surface area contributed by atoms with Gasteiger partial charge in [0.15, 0.2) is 0 Å². The highest BCUT2D eigenvalue weighted by Crippen LogP contribution is 2.07. The average molecular weight is 296 g/mol. The molecule has 3 heteroatoms. The van der Waals surface area contributed by atoms with Gasteiger partial charge in [-0.25, -0.2) is 0 Å². The van der Waals surface area contributed by atoms with Crippen LogP contribution >= 0.6 is 0 Å². The van der Waals surface area contributed by atoms with E-state index in [1.54, 1.807) is 0 Å². The molecule has 0 aromatic rings. The normalized spacial score (nSPS) is 13.2. The molecule has 0 amide bonds. The summed E-state index contributed by atoms with van der Waals surface area (Å²) in [5.74, 6) is -0.708. The van der Waals surface area contributed by atoms with Crippen LogP contribution in [-0.2, 0) is 4.79 Å². The minimum atomic E-state index is -0.708. The van der Waals surface area contributed by atoms with Crippen molar-refractivity contribution in [3.05, 3.63) is 24.3 Å². The van der Waals surface area contributed by atoms with Gasteiger partial charge in [0.1, 0.15) is 0 Å². The second-order valence-electron chi connectivity index (χ2n) is 5.55. The van der Waals surface area contributed by atoms with Gasteiger partial charge in [0.05, 0.1) is 6.10 Å². The van der Waals surface area contributed by atoms with E-state index in [-0.39, 0.29) is 12.5 Å². The zero-order valence-corrected chi connectivity index (χ0v) is 13.5. The summed E-state index contributed by atoms with van der Waals surface area (Å²) in [5, 5.41) is 18.3. The van der Waals surface area contributed by atoms with Gasteiger partial charge < -0.3 is 10.2 Å². The lowest BCUT2D eigenvalue weighted by atomic mass is 10.1.